The fourth-order valence-electron chi connectivity index (χ4n) is 0.416. The molecule has 0 amide bonds. The second-order valence-electron chi connectivity index (χ2n) is 2.15. The zero-order valence-electron chi connectivity index (χ0n) is 7.02. The van der Waals surface area contributed by atoms with Crippen molar-refractivity contribution in [2.45, 2.75) is 18.3 Å². The van der Waals surface area contributed by atoms with Crippen LogP contribution >= 0.6 is 25.3 Å². The summed E-state index contributed by atoms with van der Waals surface area (Å²) in [6.07, 6.45) is -4.63. The van der Waals surface area contributed by atoms with Gasteiger partial charge in [0, 0.05) is 0 Å². The second kappa shape index (κ2) is 9.44. The van der Waals surface area contributed by atoms with Gasteiger partial charge in [-0.1, -0.05) is 25.3 Å². The maximum atomic E-state index is 9.76. The monoisotopic (exact) mass is 244 g/mol. The summed E-state index contributed by atoms with van der Waals surface area (Å²) >= 11 is 6.38. The Labute approximate surface area is 91.4 Å². The van der Waals surface area contributed by atoms with E-state index in [0.717, 1.165) is 0 Å². The van der Waals surface area contributed by atoms with Crippen LogP contribution in [0.15, 0.2) is 0 Å². The van der Waals surface area contributed by atoms with Crippen LogP contribution in [-0.2, 0) is 4.79 Å². The molecule has 0 fully saturated rings. The van der Waals surface area contributed by atoms with Crippen LogP contribution in [0, 0.1) is 0 Å². The number of hydrogen-bond acceptors (Lipinski definition) is 6. The molecular weight excluding hydrogens is 232 g/mol. The SMILES string of the molecule is O=C(S)S.O=C[C@H](O)[C@@H](O)[C@H](O)CO. The van der Waals surface area contributed by atoms with Gasteiger partial charge in [0.2, 0.25) is 4.45 Å². The lowest BCUT2D eigenvalue weighted by molar-refractivity contribution is -0.127. The number of thiol groups is 2. The van der Waals surface area contributed by atoms with E-state index in [1.807, 2.05) is 0 Å². The van der Waals surface area contributed by atoms with Gasteiger partial charge in [0.05, 0.1) is 6.61 Å². The van der Waals surface area contributed by atoms with Crippen molar-refractivity contribution in [3.05, 3.63) is 0 Å². The fraction of sp³-hybridized carbons (Fsp3) is 0.667. The van der Waals surface area contributed by atoms with E-state index in [1.54, 1.807) is 0 Å². The molecule has 14 heavy (non-hydrogen) atoms. The summed E-state index contributed by atoms with van der Waals surface area (Å²) in [4.78, 5) is 18.9. The summed E-state index contributed by atoms with van der Waals surface area (Å²) in [7, 11) is 0. The molecule has 8 heteroatoms. The molecule has 0 spiro atoms. The first kappa shape index (κ1) is 16.3. The first-order valence-corrected chi connectivity index (χ1v) is 4.28. The maximum Gasteiger partial charge on any atom is 0.239 e. The molecule has 0 aliphatic rings. The van der Waals surface area contributed by atoms with Gasteiger partial charge < -0.3 is 25.2 Å². The minimum atomic E-state index is -1.64. The summed E-state index contributed by atoms with van der Waals surface area (Å²) < 4.78 is -0.444. The number of hydrogen-bond donors (Lipinski definition) is 6. The number of aldehydes is 1. The first-order chi connectivity index (χ1) is 6.36. The Morgan fingerprint density at radius 1 is 1.29 bits per heavy atom. The quantitative estimate of drug-likeness (QED) is 0.257. The lowest BCUT2D eigenvalue weighted by atomic mass is 10.1. The highest BCUT2D eigenvalue weighted by Crippen LogP contribution is 1.96. The molecule has 6 nitrogen and oxygen atoms in total. The van der Waals surface area contributed by atoms with E-state index in [4.69, 9.17) is 20.4 Å². The van der Waals surface area contributed by atoms with E-state index in [1.165, 1.54) is 0 Å². The summed E-state index contributed by atoms with van der Waals surface area (Å²) in [5.41, 5.74) is 0. The number of rotatable bonds is 4. The highest BCUT2D eigenvalue weighted by molar-refractivity contribution is 8.23. The van der Waals surface area contributed by atoms with Crippen LogP contribution in [-0.4, -0.2) is 56.1 Å². The molecule has 0 aliphatic carbocycles. The van der Waals surface area contributed by atoms with Gasteiger partial charge in [-0.25, -0.2) is 0 Å². The molecule has 0 saturated heterocycles. The molecule has 3 atom stereocenters. The number of carbonyl (C=O) groups is 2. The Bertz CT molecular complexity index is 172. The average molecular weight is 244 g/mol. The minimum Gasteiger partial charge on any atom is -0.394 e. The lowest BCUT2D eigenvalue weighted by Crippen LogP contribution is -2.40. The van der Waals surface area contributed by atoms with Crippen LogP contribution in [0.1, 0.15) is 0 Å². The molecule has 0 aromatic rings. The van der Waals surface area contributed by atoms with Gasteiger partial charge in [0.15, 0.2) is 6.29 Å². The van der Waals surface area contributed by atoms with Gasteiger partial charge in [0.1, 0.15) is 18.3 Å². The van der Waals surface area contributed by atoms with Crippen molar-refractivity contribution in [1.82, 2.24) is 0 Å². The van der Waals surface area contributed by atoms with Crippen molar-refractivity contribution < 1.29 is 30.0 Å². The van der Waals surface area contributed by atoms with Crippen molar-refractivity contribution in [2.24, 2.45) is 0 Å². The molecule has 0 bridgehead atoms. The normalized spacial score (nSPS) is 15.9. The largest absolute Gasteiger partial charge is 0.394 e. The molecule has 0 rings (SSSR count). The Hall–Kier alpha value is -0.120. The van der Waals surface area contributed by atoms with Crippen molar-refractivity contribution >= 4 is 36.0 Å². The molecular formula is C6H12O6S2. The molecule has 0 heterocycles. The topological polar surface area (TPSA) is 115 Å². The van der Waals surface area contributed by atoms with E-state index in [2.05, 4.69) is 25.3 Å². The summed E-state index contributed by atoms with van der Waals surface area (Å²) in [5.74, 6) is 0. The van der Waals surface area contributed by atoms with E-state index in [9.17, 15) is 9.59 Å². The Morgan fingerprint density at radius 3 is 1.86 bits per heavy atom. The zero-order chi connectivity index (χ0) is 11.7. The Morgan fingerprint density at radius 2 is 1.64 bits per heavy atom. The van der Waals surface area contributed by atoms with Crippen molar-refractivity contribution in [3.8, 4) is 0 Å². The average Bonchev–Trinajstić information content (AvgIpc) is 2.13. The van der Waals surface area contributed by atoms with E-state index < -0.39 is 29.4 Å². The summed E-state index contributed by atoms with van der Waals surface area (Å²) in [6.45, 7) is -0.688. The van der Waals surface area contributed by atoms with Crippen molar-refractivity contribution in [3.63, 3.8) is 0 Å². The smallest absolute Gasteiger partial charge is 0.239 e. The first-order valence-electron chi connectivity index (χ1n) is 3.39. The van der Waals surface area contributed by atoms with Crippen LogP contribution in [0.25, 0.3) is 0 Å². The Kier molecular flexibility index (Phi) is 11.0. The van der Waals surface area contributed by atoms with Gasteiger partial charge in [-0.05, 0) is 0 Å². The minimum absolute atomic E-state index is 0.0869. The van der Waals surface area contributed by atoms with E-state index in [-0.39, 0.29) is 6.29 Å². The zero-order valence-corrected chi connectivity index (χ0v) is 8.81. The number of aliphatic hydroxyl groups excluding tert-OH is 4. The van der Waals surface area contributed by atoms with Gasteiger partial charge in [-0.15, -0.1) is 0 Å². The third-order valence-corrected chi connectivity index (χ3v) is 1.07. The summed E-state index contributed by atoms with van der Waals surface area (Å²) in [6, 6.07) is 0. The number of aliphatic hydroxyl groups is 4. The van der Waals surface area contributed by atoms with Crippen LogP contribution in [0.5, 0.6) is 0 Å². The molecule has 0 saturated carbocycles. The van der Waals surface area contributed by atoms with E-state index in [0.29, 0.717) is 0 Å². The lowest BCUT2D eigenvalue weighted by Gasteiger charge is -2.16. The molecule has 0 unspecified atom stereocenters. The van der Waals surface area contributed by atoms with Crippen LogP contribution in [0.2, 0.25) is 0 Å². The van der Waals surface area contributed by atoms with Crippen LogP contribution < -0.4 is 0 Å². The fourth-order valence-corrected chi connectivity index (χ4v) is 0.416. The highest BCUT2D eigenvalue weighted by Gasteiger charge is 2.22. The predicted octanol–water partition coefficient (Wildman–Crippen LogP) is -1.77. The van der Waals surface area contributed by atoms with Gasteiger partial charge >= 0.3 is 0 Å². The van der Waals surface area contributed by atoms with Crippen LogP contribution in [0.3, 0.4) is 0 Å². The molecule has 0 aliphatic heterocycles. The van der Waals surface area contributed by atoms with Crippen LogP contribution in [0.4, 0.5) is 4.79 Å². The van der Waals surface area contributed by atoms with Gasteiger partial charge in [0.25, 0.3) is 0 Å². The Balaban J connectivity index is 0. The van der Waals surface area contributed by atoms with Gasteiger partial charge in [-0.2, -0.15) is 0 Å². The number of carbonyl (C=O) groups excluding carboxylic acids is 2. The molecule has 84 valence electrons. The summed E-state index contributed by atoms with van der Waals surface area (Å²) in [5, 5.41) is 34.1. The molecule has 0 aromatic carbocycles. The third-order valence-electron chi connectivity index (χ3n) is 1.07. The second-order valence-corrected chi connectivity index (χ2v) is 3.31. The maximum absolute atomic E-state index is 9.76. The standard InChI is InChI=1S/C5H10O5.CH2OS2/c6-1-3(8)5(10)4(9)2-7;2-1(3)4/h1,3-5,7-10H,2H2;(H2,2,3,4)/t3-,4+,5+;/m0./s1. The van der Waals surface area contributed by atoms with Crippen molar-refractivity contribution in [2.75, 3.05) is 6.61 Å². The van der Waals surface area contributed by atoms with Crippen molar-refractivity contribution in [1.29, 1.82) is 0 Å². The predicted molar refractivity (Wildman–Crippen MR) is 54.5 cm³/mol. The molecule has 0 aromatic heterocycles. The molecule has 4 N–H and O–H groups in total. The third kappa shape index (κ3) is 9.96. The highest BCUT2D eigenvalue weighted by atomic mass is 32.2. The van der Waals surface area contributed by atoms with E-state index >= 15 is 0 Å². The van der Waals surface area contributed by atoms with Gasteiger partial charge in [-0.3, -0.25) is 4.79 Å². The molecule has 0 radical (unpaired) electrons.